The summed E-state index contributed by atoms with van der Waals surface area (Å²) in [5, 5.41) is 0. The molecule has 0 amide bonds. The number of anilines is 2. The molecule has 27 heavy (non-hydrogen) atoms. The number of fused-ring (bicyclic) bond motifs is 2. The standard InChI is InChI=1S/C19H19N7O/c1-24-18(27)8-17(16-4-6-21-12-22-16)23-19(24)26-11-14-7-15(26)10-25(14)13-3-2-5-20-9-13/h2-6,8-9,12,14-15H,7,10-11H2,1H3/t14?,15-/m0/s1. The van der Waals surface area contributed by atoms with Crippen LogP contribution < -0.4 is 15.4 Å². The molecule has 0 spiro atoms. The quantitative estimate of drug-likeness (QED) is 0.691. The van der Waals surface area contributed by atoms with Crippen LogP contribution >= 0.6 is 0 Å². The summed E-state index contributed by atoms with van der Waals surface area (Å²) in [6, 6.07) is 8.10. The number of nitrogens with zero attached hydrogens (tertiary/aromatic N) is 7. The molecule has 0 aliphatic carbocycles. The molecule has 2 aliphatic rings. The van der Waals surface area contributed by atoms with E-state index in [1.807, 2.05) is 12.3 Å². The lowest BCUT2D eigenvalue weighted by Crippen LogP contribution is -2.48. The molecule has 8 heteroatoms. The van der Waals surface area contributed by atoms with Crippen molar-refractivity contribution in [2.45, 2.75) is 18.5 Å². The predicted molar refractivity (Wildman–Crippen MR) is 102 cm³/mol. The van der Waals surface area contributed by atoms with Gasteiger partial charge in [0.05, 0.1) is 29.3 Å². The van der Waals surface area contributed by atoms with Crippen LogP contribution in [0, 0.1) is 0 Å². The number of hydrogen-bond donors (Lipinski definition) is 0. The minimum Gasteiger partial charge on any atom is -0.363 e. The van der Waals surface area contributed by atoms with Gasteiger partial charge in [-0.3, -0.25) is 14.3 Å². The summed E-state index contributed by atoms with van der Waals surface area (Å²) < 4.78 is 1.62. The molecule has 8 nitrogen and oxygen atoms in total. The molecule has 0 N–H and O–H groups in total. The Morgan fingerprint density at radius 1 is 1.04 bits per heavy atom. The van der Waals surface area contributed by atoms with Crippen molar-refractivity contribution in [3.63, 3.8) is 0 Å². The normalized spacial score (nSPS) is 21.1. The number of rotatable bonds is 3. The second-order valence-electron chi connectivity index (χ2n) is 6.99. The van der Waals surface area contributed by atoms with Gasteiger partial charge in [-0.2, -0.15) is 0 Å². The molecule has 5 rings (SSSR count). The van der Waals surface area contributed by atoms with Gasteiger partial charge in [0.25, 0.3) is 5.56 Å². The highest BCUT2D eigenvalue weighted by molar-refractivity contribution is 5.57. The molecule has 0 radical (unpaired) electrons. The van der Waals surface area contributed by atoms with Gasteiger partial charge < -0.3 is 9.80 Å². The molecule has 2 bridgehead atoms. The monoisotopic (exact) mass is 361 g/mol. The Hall–Kier alpha value is -3.29. The lowest BCUT2D eigenvalue weighted by molar-refractivity contribution is 0.614. The fourth-order valence-electron chi connectivity index (χ4n) is 4.11. The Labute approximate surface area is 156 Å². The first-order chi connectivity index (χ1) is 13.2. The Morgan fingerprint density at radius 3 is 2.59 bits per heavy atom. The van der Waals surface area contributed by atoms with Crippen molar-refractivity contribution in [2.75, 3.05) is 22.9 Å². The number of hydrogen-bond acceptors (Lipinski definition) is 7. The average Bonchev–Trinajstić information content (AvgIpc) is 3.32. The first-order valence-electron chi connectivity index (χ1n) is 8.98. The summed E-state index contributed by atoms with van der Waals surface area (Å²) in [4.78, 5) is 34.3. The maximum Gasteiger partial charge on any atom is 0.255 e. The number of pyridine rings is 1. The SMILES string of the molecule is Cn1c(N2CC3C[C@H]2CN3c2cccnc2)nc(-c2ccncn2)cc1=O. The van der Waals surface area contributed by atoms with Crippen LogP contribution in [0.4, 0.5) is 11.6 Å². The molecular formula is C19H19N7O. The summed E-state index contributed by atoms with van der Waals surface area (Å²) in [6.07, 6.45) is 7.89. The van der Waals surface area contributed by atoms with E-state index in [0.717, 1.165) is 25.2 Å². The topological polar surface area (TPSA) is 80.0 Å². The van der Waals surface area contributed by atoms with Gasteiger partial charge in [0.1, 0.15) is 6.33 Å². The van der Waals surface area contributed by atoms with Crippen LogP contribution in [0.2, 0.25) is 0 Å². The van der Waals surface area contributed by atoms with E-state index in [0.29, 0.717) is 29.4 Å². The molecule has 0 saturated carbocycles. The number of piperazine rings is 1. The van der Waals surface area contributed by atoms with E-state index in [4.69, 9.17) is 4.98 Å². The Balaban J connectivity index is 1.47. The second-order valence-corrected chi connectivity index (χ2v) is 6.99. The van der Waals surface area contributed by atoms with Crippen molar-refractivity contribution in [2.24, 2.45) is 7.05 Å². The summed E-state index contributed by atoms with van der Waals surface area (Å²) in [7, 11) is 1.78. The zero-order valence-electron chi connectivity index (χ0n) is 14.9. The fraction of sp³-hybridized carbons (Fsp3) is 0.316. The van der Waals surface area contributed by atoms with Gasteiger partial charge in [0.15, 0.2) is 0 Å². The van der Waals surface area contributed by atoms with Crippen LogP contribution in [0.25, 0.3) is 11.4 Å². The van der Waals surface area contributed by atoms with E-state index in [1.54, 1.807) is 30.1 Å². The van der Waals surface area contributed by atoms with Gasteiger partial charge in [-0.05, 0) is 24.6 Å². The molecule has 3 aromatic heterocycles. The minimum absolute atomic E-state index is 0.0829. The van der Waals surface area contributed by atoms with Gasteiger partial charge in [-0.15, -0.1) is 0 Å². The molecule has 1 unspecified atom stereocenters. The zero-order chi connectivity index (χ0) is 18.4. The molecule has 2 fully saturated rings. The van der Waals surface area contributed by atoms with Crippen molar-refractivity contribution in [3.05, 3.63) is 59.5 Å². The van der Waals surface area contributed by atoms with E-state index < -0.39 is 0 Å². The largest absolute Gasteiger partial charge is 0.363 e. The summed E-state index contributed by atoms with van der Waals surface area (Å²) in [5.41, 5.74) is 2.31. The summed E-state index contributed by atoms with van der Waals surface area (Å²) >= 11 is 0. The Kier molecular flexibility index (Phi) is 3.63. The van der Waals surface area contributed by atoms with Crippen LogP contribution in [0.5, 0.6) is 0 Å². The van der Waals surface area contributed by atoms with E-state index in [-0.39, 0.29) is 5.56 Å². The highest BCUT2D eigenvalue weighted by atomic mass is 16.1. The molecule has 5 heterocycles. The van der Waals surface area contributed by atoms with Gasteiger partial charge in [-0.25, -0.2) is 15.0 Å². The van der Waals surface area contributed by atoms with E-state index in [9.17, 15) is 4.79 Å². The highest BCUT2D eigenvalue weighted by Gasteiger charge is 2.44. The molecule has 136 valence electrons. The predicted octanol–water partition coefficient (Wildman–Crippen LogP) is 1.10. The van der Waals surface area contributed by atoms with Crippen LogP contribution in [-0.4, -0.2) is 49.7 Å². The van der Waals surface area contributed by atoms with Crippen molar-refractivity contribution in [1.29, 1.82) is 0 Å². The van der Waals surface area contributed by atoms with Gasteiger partial charge in [-0.1, -0.05) is 0 Å². The van der Waals surface area contributed by atoms with Crippen molar-refractivity contribution >= 4 is 11.6 Å². The van der Waals surface area contributed by atoms with Gasteiger partial charge >= 0.3 is 0 Å². The lowest BCUT2D eigenvalue weighted by Gasteiger charge is -2.36. The zero-order valence-corrected chi connectivity index (χ0v) is 14.9. The molecule has 2 aliphatic heterocycles. The minimum atomic E-state index is -0.0829. The van der Waals surface area contributed by atoms with Crippen LogP contribution in [-0.2, 0) is 7.05 Å². The maximum atomic E-state index is 12.5. The van der Waals surface area contributed by atoms with Crippen molar-refractivity contribution < 1.29 is 0 Å². The van der Waals surface area contributed by atoms with E-state index in [2.05, 4.69) is 30.8 Å². The van der Waals surface area contributed by atoms with Crippen molar-refractivity contribution in [3.8, 4) is 11.4 Å². The first kappa shape index (κ1) is 15.9. The first-order valence-corrected chi connectivity index (χ1v) is 8.98. The molecule has 2 atom stereocenters. The highest BCUT2D eigenvalue weighted by Crippen LogP contribution is 2.36. The maximum absolute atomic E-state index is 12.5. The van der Waals surface area contributed by atoms with Gasteiger partial charge in [0.2, 0.25) is 5.95 Å². The third-order valence-electron chi connectivity index (χ3n) is 5.43. The molecule has 3 aromatic rings. The van der Waals surface area contributed by atoms with Crippen molar-refractivity contribution in [1.82, 2.24) is 24.5 Å². The average molecular weight is 361 g/mol. The van der Waals surface area contributed by atoms with E-state index in [1.165, 1.54) is 12.4 Å². The second kappa shape index (κ2) is 6.15. The molecule has 0 aromatic carbocycles. The smallest absolute Gasteiger partial charge is 0.255 e. The van der Waals surface area contributed by atoms with Crippen LogP contribution in [0.15, 0.2) is 54.0 Å². The van der Waals surface area contributed by atoms with Crippen LogP contribution in [0.1, 0.15) is 6.42 Å². The summed E-state index contributed by atoms with van der Waals surface area (Å²) in [6.45, 7) is 1.75. The Bertz CT molecular complexity index is 1020. The number of aromatic nitrogens is 5. The third kappa shape index (κ3) is 2.64. The third-order valence-corrected chi connectivity index (χ3v) is 5.43. The van der Waals surface area contributed by atoms with Crippen LogP contribution in [0.3, 0.4) is 0 Å². The Morgan fingerprint density at radius 2 is 1.89 bits per heavy atom. The van der Waals surface area contributed by atoms with E-state index >= 15 is 0 Å². The fourth-order valence-corrected chi connectivity index (χ4v) is 4.11. The van der Waals surface area contributed by atoms with Gasteiger partial charge in [0, 0.05) is 44.6 Å². The molecule has 2 saturated heterocycles. The lowest BCUT2D eigenvalue weighted by atomic mass is 10.2. The molecular weight excluding hydrogens is 342 g/mol. The summed E-state index contributed by atoms with van der Waals surface area (Å²) in [5.74, 6) is 0.703.